The Morgan fingerprint density at radius 3 is 2.15 bits per heavy atom. The molecular weight excluding hydrogens is 439 g/mol. The average molecular weight is 479 g/mol. The molecule has 182 valence electrons. The number of hydrogen-bond acceptors (Lipinski definition) is 0. The van der Waals surface area contributed by atoms with E-state index in [0.717, 1.165) is 30.3 Å². The van der Waals surface area contributed by atoms with Crippen molar-refractivity contribution in [1.82, 2.24) is 0 Å². The summed E-state index contributed by atoms with van der Waals surface area (Å²) in [4.78, 5) is -0.311. The molecule has 0 N–H and O–H groups in total. The number of alkyl halides is 1. The fourth-order valence-corrected chi connectivity index (χ4v) is 5.86. The monoisotopic (exact) mass is 478 g/mol. The molecule has 1 saturated carbocycles. The van der Waals surface area contributed by atoms with Crippen molar-refractivity contribution in [2.75, 3.05) is 0 Å². The van der Waals surface area contributed by atoms with E-state index in [1.807, 2.05) is 18.2 Å². The smallest absolute Gasteiger partial charge is 0.131 e. The lowest BCUT2D eigenvalue weighted by atomic mass is 9.76. The molecule has 2 aromatic carbocycles. The van der Waals surface area contributed by atoms with Crippen LogP contribution in [0.15, 0.2) is 66.8 Å². The van der Waals surface area contributed by atoms with Gasteiger partial charge >= 0.3 is 0 Å². The van der Waals surface area contributed by atoms with Crippen LogP contribution in [0, 0.1) is 17.7 Å². The summed E-state index contributed by atoms with van der Waals surface area (Å²) in [6, 6.07) is 16.3. The summed E-state index contributed by atoms with van der Waals surface area (Å²) >= 11 is 6.95. The number of aryl methyl sites for hydroxylation is 2. The zero-order valence-electron chi connectivity index (χ0n) is 20.7. The van der Waals surface area contributed by atoms with E-state index in [0.29, 0.717) is 5.56 Å². The predicted molar refractivity (Wildman–Crippen MR) is 145 cm³/mol. The van der Waals surface area contributed by atoms with Crippen molar-refractivity contribution < 1.29 is 4.39 Å². The highest BCUT2D eigenvalue weighted by atomic mass is 35.5. The minimum atomic E-state index is -0.311. The van der Waals surface area contributed by atoms with Crippen LogP contribution in [-0.2, 0) is 12.8 Å². The van der Waals surface area contributed by atoms with E-state index >= 15 is 0 Å². The van der Waals surface area contributed by atoms with Gasteiger partial charge in [-0.2, -0.15) is 0 Å². The van der Waals surface area contributed by atoms with E-state index < -0.39 is 0 Å². The van der Waals surface area contributed by atoms with Gasteiger partial charge in [-0.15, -0.1) is 11.6 Å². The number of benzene rings is 2. The van der Waals surface area contributed by atoms with Crippen LogP contribution in [0.1, 0.15) is 87.8 Å². The number of rotatable bonds is 10. The molecule has 0 spiro atoms. The summed E-state index contributed by atoms with van der Waals surface area (Å²) in [7, 11) is 0. The van der Waals surface area contributed by atoms with Gasteiger partial charge in [0.2, 0.25) is 0 Å². The molecule has 2 heteroatoms. The Hall–Kier alpha value is -1.86. The molecule has 0 saturated heterocycles. The van der Waals surface area contributed by atoms with Gasteiger partial charge in [0.1, 0.15) is 5.82 Å². The number of allylic oxidation sites excluding steroid dienone is 4. The van der Waals surface area contributed by atoms with Crippen LogP contribution in [0.3, 0.4) is 0 Å². The fourth-order valence-electron chi connectivity index (χ4n) is 5.61. The van der Waals surface area contributed by atoms with Crippen molar-refractivity contribution >= 4 is 17.2 Å². The fraction of sp³-hybridized carbons (Fsp3) is 0.500. The molecule has 0 aliphatic heterocycles. The molecule has 0 radical (unpaired) electrons. The molecule has 0 aromatic heterocycles. The van der Waals surface area contributed by atoms with Crippen LogP contribution in [0.2, 0.25) is 0 Å². The quantitative estimate of drug-likeness (QED) is 0.298. The second-order valence-electron chi connectivity index (χ2n) is 10.6. The highest BCUT2D eigenvalue weighted by Crippen LogP contribution is 2.40. The predicted octanol–water partition coefficient (Wildman–Crippen LogP) is 9.71. The zero-order valence-corrected chi connectivity index (χ0v) is 21.5. The first kappa shape index (κ1) is 25.2. The van der Waals surface area contributed by atoms with Gasteiger partial charge < -0.3 is 0 Å². The molecule has 2 aliphatic rings. The summed E-state index contributed by atoms with van der Waals surface area (Å²) in [5.74, 6) is 1.51. The van der Waals surface area contributed by atoms with E-state index in [1.165, 1.54) is 81.4 Å². The average Bonchev–Trinajstić information content (AvgIpc) is 2.87. The molecule has 1 atom stereocenters. The molecule has 34 heavy (non-hydrogen) atoms. The summed E-state index contributed by atoms with van der Waals surface area (Å²) in [6.07, 6.45) is 20.9. The largest absolute Gasteiger partial charge is 0.206 e. The van der Waals surface area contributed by atoms with Gasteiger partial charge in [0.25, 0.3) is 0 Å². The molecular formula is C32H40ClF. The van der Waals surface area contributed by atoms with E-state index in [9.17, 15) is 4.39 Å². The van der Waals surface area contributed by atoms with Crippen LogP contribution in [0.4, 0.5) is 4.39 Å². The maximum atomic E-state index is 14.1. The third-order valence-electron chi connectivity index (χ3n) is 8.03. The normalized spacial score (nSPS) is 24.7. The van der Waals surface area contributed by atoms with Crippen LogP contribution < -0.4 is 0 Å². The highest BCUT2D eigenvalue weighted by Gasteiger charge is 2.29. The Morgan fingerprint density at radius 2 is 1.53 bits per heavy atom. The van der Waals surface area contributed by atoms with E-state index in [1.54, 1.807) is 6.07 Å². The van der Waals surface area contributed by atoms with Crippen LogP contribution >= 0.6 is 11.6 Å². The summed E-state index contributed by atoms with van der Waals surface area (Å²) in [5.41, 5.74) is 4.60. The van der Waals surface area contributed by atoms with Gasteiger partial charge in [-0.3, -0.25) is 0 Å². The van der Waals surface area contributed by atoms with Crippen LogP contribution in [0.5, 0.6) is 0 Å². The zero-order chi connectivity index (χ0) is 23.8. The maximum Gasteiger partial charge on any atom is 0.131 e. The van der Waals surface area contributed by atoms with Crippen LogP contribution in [-0.4, -0.2) is 4.87 Å². The van der Waals surface area contributed by atoms with Crippen molar-refractivity contribution in [1.29, 1.82) is 0 Å². The Morgan fingerprint density at radius 1 is 0.882 bits per heavy atom. The van der Waals surface area contributed by atoms with Gasteiger partial charge in [0.15, 0.2) is 0 Å². The maximum absolute atomic E-state index is 14.1. The first-order valence-electron chi connectivity index (χ1n) is 13.5. The Kier molecular flexibility index (Phi) is 9.06. The minimum absolute atomic E-state index is 0.166. The van der Waals surface area contributed by atoms with Crippen molar-refractivity contribution in [2.45, 2.75) is 88.8 Å². The third kappa shape index (κ3) is 7.08. The van der Waals surface area contributed by atoms with Crippen LogP contribution in [0.25, 0.3) is 5.57 Å². The molecule has 2 aliphatic carbocycles. The van der Waals surface area contributed by atoms with Crippen molar-refractivity contribution in [3.8, 4) is 0 Å². The summed E-state index contributed by atoms with van der Waals surface area (Å²) in [5, 5.41) is 0. The molecule has 0 bridgehead atoms. The highest BCUT2D eigenvalue weighted by molar-refractivity contribution is 6.25. The second kappa shape index (κ2) is 12.2. The number of hydrogen-bond donors (Lipinski definition) is 0. The van der Waals surface area contributed by atoms with Gasteiger partial charge in [-0.05, 0) is 79.5 Å². The number of halogens is 2. The summed E-state index contributed by atoms with van der Waals surface area (Å²) < 4.78 is 14.1. The molecule has 0 heterocycles. The first-order valence-corrected chi connectivity index (χ1v) is 13.8. The Bertz CT molecular complexity index is 965. The van der Waals surface area contributed by atoms with Gasteiger partial charge in [0.05, 0.1) is 4.87 Å². The Labute approximate surface area is 211 Å². The van der Waals surface area contributed by atoms with Gasteiger partial charge in [-0.25, -0.2) is 4.39 Å². The minimum Gasteiger partial charge on any atom is -0.206 e. The molecule has 1 fully saturated rings. The van der Waals surface area contributed by atoms with E-state index in [4.69, 9.17) is 11.6 Å². The Balaban J connectivity index is 1.16. The SMILES string of the molecule is CCCCc1ccc(CC[C@H]2CC[C@H](CCC3(Cl)C=CC(c4ccccc4F)=CC3)CC2)cc1. The molecule has 2 aromatic rings. The van der Waals surface area contributed by atoms with Gasteiger partial charge in [-0.1, -0.05) is 99.7 Å². The van der Waals surface area contributed by atoms with Crippen molar-refractivity contribution in [3.05, 3.63) is 89.3 Å². The topological polar surface area (TPSA) is 0 Å². The third-order valence-corrected chi connectivity index (χ3v) is 8.49. The summed E-state index contributed by atoms with van der Waals surface area (Å²) in [6.45, 7) is 2.26. The standard InChI is InChI=1S/C32H40ClF/c1-2-3-6-25-9-11-26(12-10-25)13-14-27-15-17-28(18-16-27)19-22-32(33)23-20-29(21-24-32)30-7-4-5-8-31(30)34/h4-5,7-12,20-21,23,27-28H,2-3,6,13-19,22,24H2,1H3/t27-,28-,32?. The lowest BCUT2D eigenvalue weighted by Gasteiger charge is -2.32. The molecule has 1 unspecified atom stereocenters. The molecule has 0 nitrogen and oxygen atoms in total. The second-order valence-corrected chi connectivity index (χ2v) is 11.3. The lowest BCUT2D eigenvalue weighted by molar-refractivity contribution is 0.246. The van der Waals surface area contributed by atoms with Crippen molar-refractivity contribution in [2.24, 2.45) is 11.8 Å². The van der Waals surface area contributed by atoms with E-state index in [-0.39, 0.29) is 10.7 Å². The number of unbranched alkanes of at least 4 members (excludes halogenated alkanes) is 1. The lowest BCUT2D eigenvalue weighted by Crippen LogP contribution is -2.23. The van der Waals surface area contributed by atoms with Gasteiger partial charge in [0, 0.05) is 5.56 Å². The molecule has 4 rings (SSSR count). The molecule has 0 amide bonds. The van der Waals surface area contributed by atoms with Crippen molar-refractivity contribution in [3.63, 3.8) is 0 Å². The van der Waals surface area contributed by atoms with E-state index in [2.05, 4.69) is 43.3 Å². The first-order chi connectivity index (χ1) is 16.5.